The summed E-state index contributed by atoms with van der Waals surface area (Å²) in [5, 5.41) is 0. The summed E-state index contributed by atoms with van der Waals surface area (Å²) < 4.78 is 23.3. The Labute approximate surface area is 237 Å². The van der Waals surface area contributed by atoms with E-state index < -0.39 is 40.9 Å². The van der Waals surface area contributed by atoms with Crippen molar-refractivity contribution in [3.63, 3.8) is 0 Å². The van der Waals surface area contributed by atoms with Crippen molar-refractivity contribution in [2.45, 2.75) is 116 Å². The summed E-state index contributed by atoms with van der Waals surface area (Å²) in [5.41, 5.74) is -1.31. The molecule has 1 aromatic heterocycles. The molecule has 0 aromatic carbocycles. The number of amides is 2. The lowest BCUT2D eigenvalue weighted by molar-refractivity contribution is -0.149. The zero-order valence-corrected chi connectivity index (χ0v) is 24.8. The van der Waals surface area contributed by atoms with Crippen LogP contribution in [-0.2, 0) is 25.4 Å². The maximum atomic E-state index is 14.5. The van der Waals surface area contributed by atoms with E-state index in [1.165, 1.54) is 0 Å². The maximum Gasteiger partial charge on any atom is 0.508 e. The van der Waals surface area contributed by atoms with E-state index in [0.29, 0.717) is 25.3 Å². The van der Waals surface area contributed by atoms with Crippen LogP contribution in [0.2, 0.25) is 0 Å². The number of carbonyl (C=O) groups is 3. The van der Waals surface area contributed by atoms with Crippen LogP contribution in [0.5, 0.6) is 0 Å². The number of furan rings is 1. The number of aryl methyl sites for hydroxylation is 1. The summed E-state index contributed by atoms with van der Waals surface area (Å²) in [7, 11) is 0. The van der Waals surface area contributed by atoms with Gasteiger partial charge in [-0.2, -0.15) is 0 Å². The van der Waals surface area contributed by atoms with Gasteiger partial charge in [0.25, 0.3) is 0 Å². The van der Waals surface area contributed by atoms with Gasteiger partial charge in [0.1, 0.15) is 35.4 Å². The van der Waals surface area contributed by atoms with Gasteiger partial charge in [0.05, 0.1) is 11.5 Å². The van der Waals surface area contributed by atoms with Crippen molar-refractivity contribution in [3.05, 3.63) is 35.3 Å². The lowest BCUT2D eigenvalue weighted by Gasteiger charge is -2.44. The Morgan fingerprint density at radius 3 is 2.48 bits per heavy atom. The van der Waals surface area contributed by atoms with Crippen molar-refractivity contribution in [2.24, 2.45) is 5.41 Å². The number of piperidine rings is 1. The van der Waals surface area contributed by atoms with Crippen LogP contribution in [0.4, 0.5) is 9.59 Å². The second-order valence-corrected chi connectivity index (χ2v) is 13.6. The lowest BCUT2D eigenvalue weighted by atomic mass is 9.67. The number of allylic oxidation sites excluding steroid dienone is 2. The molecule has 2 saturated heterocycles. The fourth-order valence-electron chi connectivity index (χ4n) is 6.95. The fraction of sp³-hybridized carbons (Fsp3) is 0.710. The predicted molar refractivity (Wildman–Crippen MR) is 148 cm³/mol. The third-order valence-corrected chi connectivity index (χ3v) is 8.35. The third-order valence-electron chi connectivity index (χ3n) is 8.35. The smallest absolute Gasteiger partial charge is 0.464 e. The van der Waals surface area contributed by atoms with Crippen molar-refractivity contribution in [3.8, 4) is 0 Å². The second kappa shape index (κ2) is 10.5. The largest absolute Gasteiger partial charge is 0.508 e. The number of carbonyl (C=O) groups excluding carboxylic acids is 3. The van der Waals surface area contributed by atoms with Crippen LogP contribution in [0, 0.1) is 5.41 Å². The Morgan fingerprint density at radius 2 is 1.75 bits per heavy atom. The Morgan fingerprint density at radius 1 is 1.02 bits per heavy atom. The predicted octanol–water partition coefficient (Wildman–Crippen LogP) is 6.27. The number of ether oxygens (including phenoxy) is 3. The second-order valence-electron chi connectivity index (χ2n) is 13.6. The molecule has 1 aromatic rings. The lowest BCUT2D eigenvalue weighted by Crippen LogP contribution is -2.53. The molecular weight excluding hydrogens is 512 g/mol. The van der Waals surface area contributed by atoms with Gasteiger partial charge in [-0.25, -0.2) is 9.59 Å². The van der Waals surface area contributed by atoms with Crippen LogP contribution >= 0.6 is 0 Å². The van der Waals surface area contributed by atoms with Crippen LogP contribution < -0.4 is 0 Å². The monoisotopic (exact) mass is 556 g/mol. The molecule has 4 aliphatic heterocycles. The van der Waals surface area contributed by atoms with Gasteiger partial charge in [0.15, 0.2) is 0 Å². The highest BCUT2D eigenvalue weighted by Crippen LogP contribution is 2.67. The average Bonchev–Trinajstić information content (AvgIpc) is 3.45. The molecule has 2 amide bonds. The normalized spacial score (nSPS) is 29.1. The fourth-order valence-corrected chi connectivity index (χ4v) is 6.95. The summed E-state index contributed by atoms with van der Waals surface area (Å²) in [6.45, 7) is 12.0. The molecule has 6 rings (SSSR count). The highest BCUT2D eigenvalue weighted by Gasteiger charge is 2.70. The van der Waals surface area contributed by atoms with Gasteiger partial charge >= 0.3 is 12.2 Å². The van der Waals surface area contributed by atoms with Crippen molar-refractivity contribution >= 4 is 18.2 Å². The highest BCUT2D eigenvalue weighted by atomic mass is 16.7. The summed E-state index contributed by atoms with van der Waals surface area (Å²) in [6.07, 6.45) is 8.80. The molecule has 220 valence electrons. The molecule has 0 saturated carbocycles. The van der Waals surface area contributed by atoms with Crippen LogP contribution in [-0.4, -0.2) is 64.9 Å². The molecular formula is C31H44N2O7. The maximum absolute atomic E-state index is 14.5. The van der Waals surface area contributed by atoms with Gasteiger partial charge in [0.2, 0.25) is 5.91 Å². The molecule has 9 heteroatoms. The third kappa shape index (κ3) is 5.36. The van der Waals surface area contributed by atoms with Gasteiger partial charge in [-0.3, -0.25) is 9.69 Å². The zero-order chi connectivity index (χ0) is 28.9. The molecule has 6 bridgehead atoms. The van der Waals surface area contributed by atoms with Gasteiger partial charge in [0, 0.05) is 31.0 Å². The minimum atomic E-state index is -0.887. The number of rotatable bonds is 2. The number of nitrogens with zero attached hydrogens (tertiary/aromatic N) is 2. The van der Waals surface area contributed by atoms with Crippen LogP contribution in [0.1, 0.15) is 109 Å². The van der Waals surface area contributed by atoms with E-state index in [1.807, 2.05) is 25.7 Å². The minimum Gasteiger partial charge on any atom is -0.464 e. The molecule has 1 aliphatic carbocycles. The molecule has 1 spiro atoms. The van der Waals surface area contributed by atoms with Crippen molar-refractivity contribution in [1.82, 2.24) is 9.80 Å². The standard InChI is InChI=1S/C31H44N2O7/c1-29(2,3)39-27(35)33-20(19-37-28(36)40-30(4,5)6)18-31-23-14-16-32(26(31)34)15-12-10-8-7-9-11-13-21-17-22(23)24(38-21)25(31)33/h7,9,17,20,23,25H,8,10-16,18-19H2,1-6H3/b9-7-. The molecule has 9 nitrogen and oxygen atoms in total. The van der Waals surface area contributed by atoms with Gasteiger partial charge in [-0.15, -0.1) is 0 Å². The zero-order valence-electron chi connectivity index (χ0n) is 24.8. The van der Waals surface area contributed by atoms with Gasteiger partial charge in [-0.1, -0.05) is 12.2 Å². The average molecular weight is 557 g/mol. The minimum absolute atomic E-state index is 0.0560. The first kappa shape index (κ1) is 28.6. The SMILES string of the molecule is CC(C)(C)OC(=O)OCC1CC23C(=O)N4CCCC/C=C\CCc5cc(c(o5)C2N1C(=O)OC(C)(C)C)C3CC4. The molecule has 0 N–H and O–H groups in total. The van der Waals surface area contributed by atoms with E-state index >= 15 is 0 Å². The Balaban J connectivity index is 1.56. The van der Waals surface area contributed by atoms with Crippen LogP contribution in [0.25, 0.3) is 0 Å². The summed E-state index contributed by atoms with van der Waals surface area (Å²) >= 11 is 0. The van der Waals surface area contributed by atoms with Crippen molar-refractivity contribution in [2.75, 3.05) is 19.7 Å². The van der Waals surface area contributed by atoms with E-state index in [9.17, 15) is 14.4 Å². The summed E-state index contributed by atoms with van der Waals surface area (Å²) in [5.74, 6) is 1.52. The number of hydrogen-bond acceptors (Lipinski definition) is 7. The first-order chi connectivity index (χ1) is 18.8. The Kier molecular flexibility index (Phi) is 7.46. The van der Waals surface area contributed by atoms with Crippen LogP contribution in [0.15, 0.2) is 22.6 Å². The van der Waals surface area contributed by atoms with Crippen molar-refractivity contribution in [1.29, 1.82) is 0 Å². The van der Waals surface area contributed by atoms with Crippen molar-refractivity contribution < 1.29 is 33.0 Å². The number of hydrogen-bond donors (Lipinski definition) is 0. The van der Waals surface area contributed by atoms with Gasteiger partial charge in [-0.05, 0) is 86.1 Å². The highest BCUT2D eigenvalue weighted by molar-refractivity contribution is 5.89. The molecule has 5 aliphatic rings. The molecule has 4 unspecified atom stereocenters. The van der Waals surface area contributed by atoms with E-state index in [-0.39, 0.29) is 18.4 Å². The summed E-state index contributed by atoms with van der Waals surface area (Å²) in [6, 6.07) is 0.914. The van der Waals surface area contributed by atoms with Crippen LogP contribution in [0.3, 0.4) is 0 Å². The molecule has 5 heterocycles. The molecule has 40 heavy (non-hydrogen) atoms. The van der Waals surface area contributed by atoms with E-state index in [1.54, 1.807) is 25.7 Å². The van der Waals surface area contributed by atoms with E-state index in [0.717, 1.165) is 49.8 Å². The Hall–Kier alpha value is -2.97. The quantitative estimate of drug-likeness (QED) is 0.313. The van der Waals surface area contributed by atoms with E-state index in [4.69, 9.17) is 18.6 Å². The first-order valence-electron chi connectivity index (χ1n) is 14.7. The Bertz CT molecular complexity index is 1170. The summed E-state index contributed by atoms with van der Waals surface area (Å²) in [4.78, 5) is 44.5. The van der Waals surface area contributed by atoms with E-state index in [2.05, 4.69) is 18.2 Å². The number of fused-ring (bicyclic) bond motifs is 7. The topological polar surface area (TPSA) is 98.5 Å². The van der Waals surface area contributed by atoms with Gasteiger partial charge < -0.3 is 23.5 Å². The molecule has 4 atom stereocenters. The first-order valence-corrected chi connectivity index (χ1v) is 14.7. The number of likely N-dealkylation sites (tertiary alicyclic amines) is 1. The molecule has 2 fully saturated rings. The molecule has 0 radical (unpaired) electrons.